The molecule has 0 aromatic heterocycles. The first kappa shape index (κ1) is 14.5. The Morgan fingerprint density at radius 1 is 1.21 bits per heavy atom. The maximum Gasteiger partial charge on any atom is 0.137 e. The largest absolute Gasteiger partial charge is 0.496 e. The van der Waals surface area contributed by atoms with Crippen LogP contribution in [0, 0.1) is 5.82 Å². The summed E-state index contributed by atoms with van der Waals surface area (Å²) in [5, 5.41) is 0. The van der Waals surface area contributed by atoms with Crippen LogP contribution in [0.4, 0.5) is 4.39 Å². The molecule has 0 amide bonds. The van der Waals surface area contributed by atoms with E-state index in [0.29, 0.717) is 4.47 Å². The number of rotatable bonds is 4. The number of alkyl halides is 1. The fourth-order valence-corrected chi connectivity index (χ4v) is 2.92. The van der Waals surface area contributed by atoms with Crippen LogP contribution in [0.5, 0.6) is 5.75 Å². The molecule has 0 aliphatic heterocycles. The number of halogens is 3. The van der Waals surface area contributed by atoms with Crippen LogP contribution in [0.15, 0.2) is 46.9 Å². The second-order valence-electron chi connectivity index (χ2n) is 4.16. The monoisotopic (exact) mass is 386 g/mol. The Hall–Kier alpha value is -0.870. The zero-order valence-electron chi connectivity index (χ0n) is 10.4. The zero-order chi connectivity index (χ0) is 13.8. The van der Waals surface area contributed by atoms with Gasteiger partial charge in [0.1, 0.15) is 11.6 Å². The summed E-state index contributed by atoms with van der Waals surface area (Å²) in [6.07, 6.45) is 0.780. The van der Waals surface area contributed by atoms with E-state index in [1.807, 2.05) is 24.3 Å². The van der Waals surface area contributed by atoms with Crippen LogP contribution in [0.25, 0.3) is 0 Å². The van der Waals surface area contributed by atoms with Gasteiger partial charge in [-0.25, -0.2) is 4.39 Å². The quantitative estimate of drug-likeness (QED) is 0.649. The van der Waals surface area contributed by atoms with Crippen LogP contribution in [-0.2, 0) is 6.42 Å². The summed E-state index contributed by atoms with van der Waals surface area (Å²) in [5.41, 5.74) is 2.14. The Labute approximate surface area is 129 Å². The number of methoxy groups -OCH3 is 1. The molecule has 19 heavy (non-hydrogen) atoms. The molecule has 0 radical (unpaired) electrons. The first-order valence-electron chi connectivity index (χ1n) is 5.82. The van der Waals surface area contributed by atoms with Crippen molar-refractivity contribution in [2.24, 2.45) is 0 Å². The van der Waals surface area contributed by atoms with E-state index in [4.69, 9.17) is 4.74 Å². The number of ether oxygens (including phenoxy) is 1. The number of hydrogen-bond acceptors (Lipinski definition) is 1. The van der Waals surface area contributed by atoms with Crippen molar-refractivity contribution in [3.05, 3.63) is 63.9 Å². The highest BCUT2D eigenvalue weighted by atomic mass is 79.9. The lowest BCUT2D eigenvalue weighted by molar-refractivity contribution is 0.409. The van der Waals surface area contributed by atoms with Crippen molar-refractivity contribution < 1.29 is 9.13 Å². The second kappa shape index (κ2) is 6.53. The number of hydrogen-bond donors (Lipinski definition) is 0. The van der Waals surface area contributed by atoms with E-state index in [1.54, 1.807) is 19.2 Å². The van der Waals surface area contributed by atoms with Crippen LogP contribution in [0.3, 0.4) is 0 Å². The van der Waals surface area contributed by atoms with Crippen molar-refractivity contribution in [2.75, 3.05) is 7.11 Å². The first-order chi connectivity index (χ1) is 9.11. The van der Waals surface area contributed by atoms with Crippen molar-refractivity contribution in [3.63, 3.8) is 0 Å². The van der Waals surface area contributed by atoms with Crippen molar-refractivity contribution in [1.82, 2.24) is 0 Å². The maximum absolute atomic E-state index is 13.2. The lowest BCUT2D eigenvalue weighted by Gasteiger charge is -2.13. The molecule has 1 nitrogen and oxygen atoms in total. The molecule has 0 saturated heterocycles. The minimum atomic E-state index is -0.249. The zero-order valence-corrected chi connectivity index (χ0v) is 13.5. The Morgan fingerprint density at radius 3 is 2.63 bits per heavy atom. The van der Waals surface area contributed by atoms with Gasteiger partial charge in [-0.3, -0.25) is 0 Å². The van der Waals surface area contributed by atoms with E-state index in [0.717, 1.165) is 23.3 Å². The lowest BCUT2D eigenvalue weighted by Crippen LogP contribution is -1.98. The van der Waals surface area contributed by atoms with E-state index in [-0.39, 0.29) is 10.6 Å². The third-order valence-corrected chi connectivity index (χ3v) is 4.36. The van der Waals surface area contributed by atoms with E-state index in [2.05, 4.69) is 31.9 Å². The van der Waals surface area contributed by atoms with Gasteiger partial charge in [0.15, 0.2) is 0 Å². The van der Waals surface area contributed by atoms with E-state index < -0.39 is 0 Å². The Balaban J connectivity index is 2.20. The van der Waals surface area contributed by atoms with E-state index in [1.165, 1.54) is 6.07 Å². The third kappa shape index (κ3) is 3.57. The fraction of sp³-hybridized carbons (Fsp3) is 0.200. The predicted molar refractivity (Wildman–Crippen MR) is 82.5 cm³/mol. The molecular formula is C15H13Br2FO. The lowest BCUT2D eigenvalue weighted by atomic mass is 10.0. The molecule has 0 heterocycles. The molecule has 0 N–H and O–H groups in total. The van der Waals surface area contributed by atoms with Crippen LogP contribution < -0.4 is 4.74 Å². The average Bonchev–Trinajstić information content (AvgIpc) is 2.42. The van der Waals surface area contributed by atoms with Crippen LogP contribution in [0.2, 0.25) is 0 Å². The Bertz CT molecular complexity index is 572. The molecule has 2 aromatic rings. The van der Waals surface area contributed by atoms with Crippen molar-refractivity contribution in [2.45, 2.75) is 11.2 Å². The summed E-state index contributed by atoms with van der Waals surface area (Å²) in [7, 11) is 1.66. The summed E-state index contributed by atoms with van der Waals surface area (Å²) in [6.45, 7) is 0. The van der Waals surface area contributed by atoms with Crippen molar-refractivity contribution in [3.8, 4) is 5.75 Å². The van der Waals surface area contributed by atoms with Gasteiger partial charge in [-0.2, -0.15) is 0 Å². The fourth-order valence-electron chi connectivity index (χ4n) is 1.89. The Kier molecular flexibility index (Phi) is 4.99. The van der Waals surface area contributed by atoms with E-state index in [9.17, 15) is 4.39 Å². The summed E-state index contributed by atoms with van der Waals surface area (Å²) >= 11 is 6.85. The standard InChI is InChI=1S/C15H13Br2FO/c1-19-15-5-3-2-4-11(15)9-12(16)10-6-7-14(18)13(17)8-10/h2-8,12H,9H2,1H3. The molecule has 0 aliphatic rings. The van der Waals surface area contributed by atoms with Crippen molar-refractivity contribution >= 4 is 31.9 Å². The van der Waals surface area contributed by atoms with Crippen molar-refractivity contribution in [1.29, 1.82) is 0 Å². The second-order valence-corrected chi connectivity index (χ2v) is 6.12. The van der Waals surface area contributed by atoms with Gasteiger partial charge in [-0.05, 0) is 51.7 Å². The Morgan fingerprint density at radius 2 is 1.95 bits per heavy atom. The van der Waals surface area contributed by atoms with Gasteiger partial charge in [0.05, 0.1) is 11.6 Å². The molecule has 1 atom stereocenters. The summed E-state index contributed by atoms with van der Waals surface area (Å²) in [5.74, 6) is 0.619. The van der Waals surface area contributed by atoms with Crippen LogP contribution in [0.1, 0.15) is 16.0 Å². The molecule has 2 aromatic carbocycles. The minimum absolute atomic E-state index is 0.112. The van der Waals surface area contributed by atoms with Gasteiger partial charge in [-0.1, -0.05) is 40.2 Å². The van der Waals surface area contributed by atoms with E-state index >= 15 is 0 Å². The van der Waals surface area contributed by atoms with Gasteiger partial charge in [0, 0.05) is 4.83 Å². The highest BCUT2D eigenvalue weighted by molar-refractivity contribution is 9.10. The molecule has 100 valence electrons. The number of benzene rings is 2. The number of para-hydroxylation sites is 1. The topological polar surface area (TPSA) is 9.23 Å². The van der Waals surface area contributed by atoms with Gasteiger partial charge < -0.3 is 4.74 Å². The first-order valence-corrected chi connectivity index (χ1v) is 7.53. The smallest absolute Gasteiger partial charge is 0.137 e. The molecular weight excluding hydrogens is 375 g/mol. The van der Waals surface area contributed by atoms with Crippen LogP contribution in [-0.4, -0.2) is 7.11 Å². The predicted octanol–water partition coefficient (Wildman–Crippen LogP) is 5.28. The third-order valence-electron chi connectivity index (χ3n) is 2.90. The highest BCUT2D eigenvalue weighted by Gasteiger charge is 2.13. The van der Waals surface area contributed by atoms with Gasteiger partial charge >= 0.3 is 0 Å². The molecule has 0 bridgehead atoms. The molecule has 0 saturated carbocycles. The molecule has 0 fully saturated rings. The van der Waals surface area contributed by atoms with Gasteiger partial charge in [0.25, 0.3) is 0 Å². The highest BCUT2D eigenvalue weighted by Crippen LogP contribution is 2.32. The summed E-state index contributed by atoms with van der Waals surface area (Å²) < 4.78 is 19.0. The molecule has 0 spiro atoms. The normalized spacial score (nSPS) is 12.2. The summed E-state index contributed by atoms with van der Waals surface area (Å²) in [6, 6.07) is 13.0. The van der Waals surface area contributed by atoms with Gasteiger partial charge in [-0.15, -0.1) is 0 Å². The van der Waals surface area contributed by atoms with Crippen LogP contribution >= 0.6 is 31.9 Å². The minimum Gasteiger partial charge on any atom is -0.496 e. The molecule has 1 unspecified atom stereocenters. The molecule has 2 rings (SSSR count). The molecule has 4 heteroatoms. The molecule has 0 aliphatic carbocycles. The summed E-state index contributed by atoms with van der Waals surface area (Å²) in [4.78, 5) is 0.112. The van der Waals surface area contributed by atoms with Gasteiger partial charge in [0.2, 0.25) is 0 Å². The SMILES string of the molecule is COc1ccccc1CC(Br)c1ccc(F)c(Br)c1. The maximum atomic E-state index is 13.2. The average molecular weight is 388 g/mol.